The van der Waals surface area contributed by atoms with Crippen LogP contribution in [0.4, 0.5) is 0 Å². The first-order valence-electron chi connectivity index (χ1n) is 6.58. The molecule has 0 aromatic carbocycles. The molecule has 6 heteroatoms. The number of piperidine rings is 1. The Hall–Kier alpha value is -0.620. The highest BCUT2D eigenvalue weighted by molar-refractivity contribution is 7.89. The summed E-state index contributed by atoms with van der Waals surface area (Å²) in [6.07, 6.45) is 4.28. The van der Waals surface area contributed by atoms with Crippen LogP contribution < -0.4 is 0 Å². The molecule has 1 aliphatic rings. The third-order valence-corrected chi connectivity index (χ3v) is 5.38. The molecule has 0 spiro atoms. The fourth-order valence-corrected chi connectivity index (χ4v) is 3.09. The summed E-state index contributed by atoms with van der Waals surface area (Å²) in [5, 5.41) is 0. The van der Waals surface area contributed by atoms with E-state index in [0.717, 1.165) is 32.2 Å². The quantitative estimate of drug-likeness (QED) is 0.754. The molecule has 5 nitrogen and oxygen atoms in total. The Kier molecular flexibility index (Phi) is 5.59. The van der Waals surface area contributed by atoms with Gasteiger partial charge in [0.1, 0.15) is 0 Å². The lowest BCUT2D eigenvalue weighted by Crippen LogP contribution is -2.44. The van der Waals surface area contributed by atoms with Gasteiger partial charge in [-0.05, 0) is 25.7 Å². The topological polar surface area (TPSA) is 57.7 Å². The highest BCUT2D eigenvalue weighted by Crippen LogP contribution is 2.20. The molecule has 0 aromatic rings. The van der Waals surface area contributed by atoms with E-state index in [1.807, 2.05) is 4.90 Å². The number of amides is 1. The van der Waals surface area contributed by atoms with Gasteiger partial charge in [0, 0.05) is 33.1 Å². The molecule has 1 saturated heterocycles. The number of sulfonamides is 1. The number of hydrogen-bond acceptors (Lipinski definition) is 3. The minimum absolute atomic E-state index is 0.0213. The Bertz CT molecular complexity index is 379. The second-order valence-corrected chi connectivity index (χ2v) is 7.30. The zero-order valence-electron chi connectivity index (χ0n) is 11.6. The van der Waals surface area contributed by atoms with Gasteiger partial charge in [0.15, 0.2) is 0 Å². The molecular weight excluding hydrogens is 252 g/mol. The van der Waals surface area contributed by atoms with Crippen molar-refractivity contribution in [1.82, 2.24) is 9.21 Å². The summed E-state index contributed by atoms with van der Waals surface area (Å²) in [6.45, 7) is 2.85. The largest absolute Gasteiger partial charge is 0.340 e. The second-order valence-electron chi connectivity index (χ2n) is 4.99. The Balaban J connectivity index is 2.54. The fourth-order valence-electron chi connectivity index (χ4n) is 2.30. The number of rotatable bonds is 5. The molecule has 18 heavy (non-hydrogen) atoms. The van der Waals surface area contributed by atoms with Gasteiger partial charge >= 0.3 is 0 Å². The van der Waals surface area contributed by atoms with Crippen molar-refractivity contribution in [2.45, 2.75) is 45.1 Å². The lowest BCUT2D eigenvalue weighted by Gasteiger charge is -2.35. The lowest BCUT2D eigenvalue weighted by atomic mass is 10.00. The highest BCUT2D eigenvalue weighted by Gasteiger charge is 2.26. The smallest absolute Gasteiger partial charge is 0.223 e. The van der Waals surface area contributed by atoms with Crippen molar-refractivity contribution < 1.29 is 13.2 Å². The molecule has 1 heterocycles. The van der Waals surface area contributed by atoms with Gasteiger partial charge in [0.05, 0.1) is 5.75 Å². The Labute approximate surface area is 110 Å². The number of nitrogens with zero attached hydrogens (tertiary/aromatic N) is 2. The molecule has 1 rings (SSSR count). The number of carbonyl (C=O) groups is 1. The van der Waals surface area contributed by atoms with Crippen LogP contribution in [-0.2, 0) is 14.8 Å². The predicted octanol–water partition coefficient (Wildman–Crippen LogP) is 1.06. The van der Waals surface area contributed by atoms with Gasteiger partial charge in [0.25, 0.3) is 0 Å². The van der Waals surface area contributed by atoms with E-state index in [0.29, 0.717) is 6.04 Å². The highest BCUT2D eigenvalue weighted by atomic mass is 32.2. The van der Waals surface area contributed by atoms with Crippen LogP contribution >= 0.6 is 0 Å². The van der Waals surface area contributed by atoms with E-state index < -0.39 is 10.0 Å². The predicted molar refractivity (Wildman–Crippen MR) is 71.7 cm³/mol. The summed E-state index contributed by atoms with van der Waals surface area (Å²) >= 11 is 0. The number of carbonyl (C=O) groups excluding carboxylic acids is 1. The van der Waals surface area contributed by atoms with Crippen molar-refractivity contribution in [2.75, 3.05) is 26.4 Å². The number of likely N-dealkylation sites (tertiary alicyclic amines) is 1. The molecule has 1 aliphatic heterocycles. The average molecular weight is 276 g/mol. The van der Waals surface area contributed by atoms with Crippen molar-refractivity contribution in [1.29, 1.82) is 0 Å². The molecule has 1 amide bonds. The fraction of sp³-hybridized carbons (Fsp3) is 0.917. The Morgan fingerprint density at radius 1 is 1.33 bits per heavy atom. The molecule has 0 bridgehead atoms. The molecule has 1 fully saturated rings. The maximum atomic E-state index is 12.1. The van der Waals surface area contributed by atoms with Crippen LogP contribution in [0.25, 0.3) is 0 Å². The third kappa shape index (κ3) is 3.95. The summed E-state index contributed by atoms with van der Waals surface area (Å²) in [7, 11) is -0.279. The van der Waals surface area contributed by atoms with Gasteiger partial charge in [-0.3, -0.25) is 4.79 Å². The Morgan fingerprint density at radius 3 is 2.56 bits per heavy atom. The maximum absolute atomic E-state index is 12.1. The molecule has 0 N–H and O–H groups in total. The lowest BCUT2D eigenvalue weighted by molar-refractivity contribution is -0.134. The molecular formula is C12H24N2O3S. The van der Waals surface area contributed by atoms with Gasteiger partial charge in [-0.1, -0.05) is 6.92 Å². The first-order valence-corrected chi connectivity index (χ1v) is 8.19. The van der Waals surface area contributed by atoms with Crippen molar-refractivity contribution in [2.24, 2.45) is 0 Å². The van der Waals surface area contributed by atoms with Crippen LogP contribution in [0.3, 0.4) is 0 Å². The van der Waals surface area contributed by atoms with Gasteiger partial charge in [0.2, 0.25) is 15.9 Å². The normalized spacial score (nSPS) is 21.3. The third-order valence-electron chi connectivity index (χ3n) is 3.55. The monoisotopic (exact) mass is 276 g/mol. The summed E-state index contributed by atoms with van der Waals surface area (Å²) in [5.74, 6) is -0.113. The van der Waals surface area contributed by atoms with Gasteiger partial charge in [-0.15, -0.1) is 0 Å². The zero-order chi connectivity index (χ0) is 13.8. The minimum Gasteiger partial charge on any atom is -0.340 e. The van der Waals surface area contributed by atoms with E-state index in [1.165, 1.54) is 18.4 Å². The SMILES string of the molecule is CCC1CCCCN1C(=O)CCS(=O)(=O)N(C)C. The van der Waals surface area contributed by atoms with Gasteiger partial charge in [-0.2, -0.15) is 0 Å². The van der Waals surface area contributed by atoms with E-state index >= 15 is 0 Å². The van der Waals surface area contributed by atoms with E-state index in [1.54, 1.807) is 0 Å². The molecule has 0 radical (unpaired) electrons. The average Bonchev–Trinajstić information content (AvgIpc) is 2.35. The van der Waals surface area contributed by atoms with E-state index in [-0.39, 0.29) is 18.1 Å². The molecule has 0 saturated carbocycles. The van der Waals surface area contributed by atoms with Crippen LogP contribution in [0.15, 0.2) is 0 Å². The summed E-state index contributed by atoms with van der Waals surface area (Å²) in [6, 6.07) is 0.299. The molecule has 106 valence electrons. The zero-order valence-corrected chi connectivity index (χ0v) is 12.4. The van der Waals surface area contributed by atoms with Crippen molar-refractivity contribution in [3.8, 4) is 0 Å². The molecule has 1 unspecified atom stereocenters. The van der Waals surface area contributed by atoms with Crippen LogP contribution in [0.1, 0.15) is 39.0 Å². The van der Waals surface area contributed by atoms with Crippen LogP contribution in [0.2, 0.25) is 0 Å². The Morgan fingerprint density at radius 2 is 2.00 bits per heavy atom. The summed E-state index contributed by atoms with van der Waals surface area (Å²) in [4.78, 5) is 13.9. The van der Waals surface area contributed by atoms with Gasteiger partial charge in [-0.25, -0.2) is 12.7 Å². The summed E-state index contributed by atoms with van der Waals surface area (Å²) < 4.78 is 24.4. The van der Waals surface area contributed by atoms with E-state index in [2.05, 4.69) is 6.92 Å². The van der Waals surface area contributed by atoms with Crippen LogP contribution in [0, 0.1) is 0 Å². The molecule has 0 aromatic heterocycles. The standard InChI is InChI=1S/C12H24N2O3S/c1-4-11-7-5-6-9-14(11)12(15)8-10-18(16,17)13(2)3/h11H,4-10H2,1-3H3. The van der Waals surface area contributed by atoms with Crippen molar-refractivity contribution >= 4 is 15.9 Å². The first kappa shape index (κ1) is 15.4. The summed E-state index contributed by atoms with van der Waals surface area (Å²) in [5.41, 5.74) is 0. The van der Waals surface area contributed by atoms with Crippen molar-refractivity contribution in [3.63, 3.8) is 0 Å². The minimum atomic E-state index is -3.27. The van der Waals surface area contributed by atoms with Crippen LogP contribution in [-0.4, -0.2) is 56.0 Å². The van der Waals surface area contributed by atoms with E-state index in [9.17, 15) is 13.2 Å². The first-order chi connectivity index (χ1) is 8.38. The van der Waals surface area contributed by atoms with Crippen LogP contribution in [0.5, 0.6) is 0 Å². The van der Waals surface area contributed by atoms with E-state index in [4.69, 9.17) is 0 Å². The molecule has 1 atom stereocenters. The second kappa shape index (κ2) is 6.52. The number of hydrogen-bond donors (Lipinski definition) is 0. The van der Waals surface area contributed by atoms with Gasteiger partial charge < -0.3 is 4.90 Å². The molecule has 0 aliphatic carbocycles. The maximum Gasteiger partial charge on any atom is 0.223 e. The van der Waals surface area contributed by atoms with Crippen molar-refractivity contribution in [3.05, 3.63) is 0 Å².